The molecule has 1 saturated heterocycles. The summed E-state index contributed by atoms with van der Waals surface area (Å²) in [6, 6.07) is 1.66. The van der Waals surface area contributed by atoms with Crippen molar-refractivity contribution in [1.82, 2.24) is 20.2 Å². The molecule has 0 unspecified atom stereocenters. The summed E-state index contributed by atoms with van der Waals surface area (Å²) < 4.78 is 10.3. The van der Waals surface area contributed by atoms with Crippen LogP contribution >= 0.6 is 0 Å². The van der Waals surface area contributed by atoms with Crippen LogP contribution in [-0.2, 0) is 0 Å². The molecule has 1 fully saturated rings. The highest BCUT2D eigenvalue weighted by molar-refractivity contribution is 5.92. The topological polar surface area (TPSA) is 85.3 Å². The normalized spacial score (nSPS) is 18.9. The van der Waals surface area contributed by atoms with E-state index in [0.29, 0.717) is 29.7 Å². The van der Waals surface area contributed by atoms with Crippen LogP contribution in [0.2, 0.25) is 0 Å². The smallest absolute Gasteiger partial charge is 0.276 e. The molecule has 2 aromatic heterocycles. The predicted octanol–water partition coefficient (Wildman–Crippen LogP) is 2.51. The molecule has 7 heteroatoms. The van der Waals surface area contributed by atoms with E-state index in [4.69, 9.17) is 9.05 Å². The first-order valence-electron chi connectivity index (χ1n) is 7.60. The second kappa shape index (κ2) is 5.90. The zero-order chi connectivity index (χ0) is 15.7. The van der Waals surface area contributed by atoms with Crippen molar-refractivity contribution >= 4 is 5.91 Å². The van der Waals surface area contributed by atoms with Crippen molar-refractivity contribution in [3.63, 3.8) is 0 Å². The second-order valence-electron chi connectivity index (χ2n) is 6.06. The van der Waals surface area contributed by atoms with Gasteiger partial charge in [0.15, 0.2) is 11.5 Å². The summed E-state index contributed by atoms with van der Waals surface area (Å²) in [7, 11) is 0. The van der Waals surface area contributed by atoms with E-state index in [-0.39, 0.29) is 17.7 Å². The molecule has 0 bridgehead atoms. The number of likely N-dealkylation sites (tertiary alicyclic amines) is 1. The molecule has 7 nitrogen and oxygen atoms in total. The van der Waals surface area contributed by atoms with Gasteiger partial charge in [0.1, 0.15) is 5.76 Å². The monoisotopic (exact) mass is 304 g/mol. The van der Waals surface area contributed by atoms with Crippen molar-refractivity contribution in [2.75, 3.05) is 13.1 Å². The van der Waals surface area contributed by atoms with E-state index in [9.17, 15) is 4.79 Å². The SMILES string of the molecule is Cc1cc(C(=O)N2CCC[C@@H](c3noc(C(C)C)n3)C2)no1. The van der Waals surface area contributed by atoms with Gasteiger partial charge in [0.05, 0.1) is 0 Å². The predicted molar refractivity (Wildman–Crippen MR) is 77.5 cm³/mol. The third-order valence-electron chi connectivity index (χ3n) is 3.87. The zero-order valence-electron chi connectivity index (χ0n) is 13.1. The molecule has 3 rings (SSSR count). The van der Waals surface area contributed by atoms with E-state index in [2.05, 4.69) is 15.3 Å². The highest BCUT2D eigenvalue weighted by Gasteiger charge is 2.29. The lowest BCUT2D eigenvalue weighted by molar-refractivity contribution is 0.0693. The number of carbonyl (C=O) groups excluding carboxylic acids is 1. The molecular weight excluding hydrogens is 284 g/mol. The third kappa shape index (κ3) is 2.88. The van der Waals surface area contributed by atoms with Crippen molar-refractivity contribution in [2.45, 2.75) is 45.4 Å². The van der Waals surface area contributed by atoms with Gasteiger partial charge in [-0.15, -0.1) is 0 Å². The number of nitrogens with zero attached hydrogens (tertiary/aromatic N) is 4. The first kappa shape index (κ1) is 14.7. The van der Waals surface area contributed by atoms with E-state index in [1.165, 1.54) is 0 Å². The maximum absolute atomic E-state index is 12.4. The van der Waals surface area contributed by atoms with Gasteiger partial charge in [0, 0.05) is 31.0 Å². The minimum absolute atomic E-state index is 0.103. The van der Waals surface area contributed by atoms with E-state index in [1.54, 1.807) is 17.9 Å². The molecule has 0 aromatic carbocycles. The molecule has 0 saturated carbocycles. The fourth-order valence-electron chi connectivity index (χ4n) is 2.65. The number of rotatable bonds is 3. The van der Waals surface area contributed by atoms with Crippen molar-refractivity contribution in [3.05, 3.63) is 29.2 Å². The van der Waals surface area contributed by atoms with Gasteiger partial charge in [-0.1, -0.05) is 24.2 Å². The molecule has 1 aliphatic rings. The Labute approximate surface area is 128 Å². The summed E-state index contributed by atoms with van der Waals surface area (Å²) >= 11 is 0. The summed E-state index contributed by atoms with van der Waals surface area (Å²) in [5, 5.41) is 7.87. The van der Waals surface area contributed by atoms with Crippen LogP contribution in [0, 0.1) is 6.92 Å². The van der Waals surface area contributed by atoms with Crippen LogP contribution in [0.25, 0.3) is 0 Å². The molecule has 1 atom stereocenters. The molecule has 1 aliphatic heterocycles. The summed E-state index contributed by atoms with van der Waals surface area (Å²) in [6.45, 7) is 7.11. The summed E-state index contributed by atoms with van der Waals surface area (Å²) in [4.78, 5) is 18.7. The average molecular weight is 304 g/mol. The van der Waals surface area contributed by atoms with Crippen LogP contribution in [0.15, 0.2) is 15.1 Å². The highest BCUT2D eigenvalue weighted by atomic mass is 16.5. The largest absolute Gasteiger partial charge is 0.361 e. The lowest BCUT2D eigenvalue weighted by Gasteiger charge is -2.30. The molecule has 2 aromatic rings. The fourth-order valence-corrected chi connectivity index (χ4v) is 2.65. The number of carbonyl (C=O) groups is 1. The Bertz CT molecular complexity index is 661. The number of hydrogen-bond acceptors (Lipinski definition) is 6. The van der Waals surface area contributed by atoms with Crippen LogP contribution in [0.5, 0.6) is 0 Å². The van der Waals surface area contributed by atoms with Crippen molar-refractivity contribution in [3.8, 4) is 0 Å². The van der Waals surface area contributed by atoms with Gasteiger partial charge < -0.3 is 13.9 Å². The zero-order valence-corrected chi connectivity index (χ0v) is 13.1. The van der Waals surface area contributed by atoms with Gasteiger partial charge in [-0.3, -0.25) is 4.79 Å². The quantitative estimate of drug-likeness (QED) is 0.866. The van der Waals surface area contributed by atoms with E-state index >= 15 is 0 Å². The van der Waals surface area contributed by atoms with E-state index in [0.717, 1.165) is 19.4 Å². The van der Waals surface area contributed by atoms with Crippen molar-refractivity contribution < 1.29 is 13.8 Å². The molecule has 0 aliphatic carbocycles. The second-order valence-corrected chi connectivity index (χ2v) is 6.06. The van der Waals surface area contributed by atoms with Crippen LogP contribution < -0.4 is 0 Å². The van der Waals surface area contributed by atoms with Gasteiger partial charge in [-0.05, 0) is 19.8 Å². The van der Waals surface area contributed by atoms with Crippen LogP contribution in [0.1, 0.15) is 66.5 Å². The molecule has 22 heavy (non-hydrogen) atoms. The minimum atomic E-state index is -0.103. The fraction of sp³-hybridized carbons (Fsp3) is 0.600. The molecule has 1 amide bonds. The number of piperidine rings is 1. The van der Waals surface area contributed by atoms with Crippen LogP contribution in [0.4, 0.5) is 0 Å². The standard InChI is InChI=1S/C15H20N4O3/c1-9(2)14-16-13(18-22-14)11-5-4-6-19(8-11)15(20)12-7-10(3)21-17-12/h7,9,11H,4-6,8H2,1-3H3/t11-/m1/s1. The lowest BCUT2D eigenvalue weighted by Crippen LogP contribution is -2.39. The lowest BCUT2D eigenvalue weighted by atomic mass is 9.97. The summed E-state index contributed by atoms with van der Waals surface area (Å²) in [5.74, 6) is 2.19. The first-order valence-corrected chi connectivity index (χ1v) is 7.60. The molecule has 0 spiro atoms. The molecule has 0 N–H and O–H groups in total. The molecule has 118 valence electrons. The van der Waals surface area contributed by atoms with Crippen molar-refractivity contribution in [2.24, 2.45) is 0 Å². The number of hydrogen-bond donors (Lipinski definition) is 0. The number of aryl methyl sites for hydroxylation is 1. The van der Waals surface area contributed by atoms with Gasteiger partial charge in [0.2, 0.25) is 5.89 Å². The molecule has 3 heterocycles. The number of amides is 1. The summed E-state index contributed by atoms with van der Waals surface area (Å²) in [5.41, 5.74) is 0.356. The van der Waals surface area contributed by atoms with Crippen LogP contribution in [0.3, 0.4) is 0 Å². The Morgan fingerprint density at radius 1 is 1.36 bits per heavy atom. The van der Waals surface area contributed by atoms with E-state index in [1.807, 2.05) is 13.8 Å². The summed E-state index contributed by atoms with van der Waals surface area (Å²) in [6.07, 6.45) is 1.87. The van der Waals surface area contributed by atoms with Crippen LogP contribution in [-0.4, -0.2) is 39.2 Å². The Morgan fingerprint density at radius 2 is 2.18 bits per heavy atom. The molecule has 0 radical (unpaired) electrons. The molecular formula is C15H20N4O3. The number of aromatic nitrogens is 3. The average Bonchev–Trinajstić information content (AvgIpc) is 3.15. The maximum atomic E-state index is 12.4. The van der Waals surface area contributed by atoms with Gasteiger partial charge in [-0.25, -0.2) is 0 Å². The van der Waals surface area contributed by atoms with E-state index < -0.39 is 0 Å². The Morgan fingerprint density at radius 3 is 2.82 bits per heavy atom. The van der Waals surface area contributed by atoms with Gasteiger partial charge >= 0.3 is 0 Å². The first-order chi connectivity index (χ1) is 10.5. The maximum Gasteiger partial charge on any atom is 0.276 e. The highest BCUT2D eigenvalue weighted by Crippen LogP contribution is 2.27. The minimum Gasteiger partial charge on any atom is -0.361 e. The Hall–Kier alpha value is -2.18. The van der Waals surface area contributed by atoms with Gasteiger partial charge in [0.25, 0.3) is 5.91 Å². The van der Waals surface area contributed by atoms with Gasteiger partial charge in [-0.2, -0.15) is 4.98 Å². The Balaban J connectivity index is 1.72. The Kier molecular flexibility index (Phi) is 3.96. The third-order valence-corrected chi connectivity index (χ3v) is 3.87. The van der Waals surface area contributed by atoms with Crippen molar-refractivity contribution in [1.29, 1.82) is 0 Å².